The zero-order valence-corrected chi connectivity index (χ0v) is 13.8. The smallest absolute Gasteiger partial charge is 0.397 e. The third-order valence-electron chi connectivity index (χ3n) is 3.40. The van der Waals surface area contributed by atoms with Gasteiger partial charge in [0.25, 0.3) is 0 Å². The average molecular weight is 341 g/mol. The Morgan fingerprint density at radius 3 is 2.61 bits per heavy atom. The number of hydrogen-bond acceptors (Lipinski definition) is 7. The van der Waals surface area contributed by atoms with E-state index in [4.69, 9.17) is 4.74 Å². The van der Waals surface area contributed by atoms with Crippen molar-refractivity contribution in [3.8, 4) is 0 Å². The summed E-state index contributed by atoms with van der Waals surface area (Å²) in [4.78, 5) is 36.4. The third kappa shape index (κ3) is 3.70. The first-order chi connectivity index (χ1) is 11.0. The van der Waals surface area contributed by atoms with Crippen LogP contribution in [-0.2, 0) is 25.5 Å². The highest BCUT2D eigenvalue weighted by Gasteiger charge is 2.32. The van der Waals surface area contributed by atoms with Crippen LogP contribution in [0.25, 0.3) is 0 Å². The highest BCUT2D eigenvalue weighted by molar-refractivity contribution is 7.17. The van der Waals surface area contributed by atoms with E-state index in [0.717, 1.165) is 11.3 Å². The Bertz CT molecular complexity index is 624. The maximum Gasteiger partial charge on any atom is 0.397 e. The Morgan fingerprint density at radius 1 is 1.26 bits per heavy atom. The number of aliphatic hydroxyl groups excluding tert-OH is 1. The number of hydrogen-bond donors (Lipinski definition) is 2. The summed E-state index contributed by atoms with van der Waals surface area (Å²) >= 11 is 1.18. The van der Waals surface area contributed by atoms with Crippen molar-refractivity contribution in [2.45, 2.75) is 39.2 Å². The van der Waals surface area contributed by atoms with Gasteiger partial charge in [0.1, 0.15) is 10.6 Å². The van der Waals surface area contributed by atoms with Gasteiger partial charge in [0.15, 0.2) is 0 Å². The SMILES string of the molecule is CCOC(=O)C(=O)Nc1sc2c(c1C(=O)OCC)C(O)CCC2. The molecular weight excluding hydrogens is 322 g/mol. The summed E-state index contributed by atoms with van der Waals surface area (Å²) in [6, 6.07) is 0. The molecular formula is C15H19NO6S. The second kappa shape index (κ2) is 7.56. The van der Waals surface area contributed by atoms with E-state index in [1.54, 1.807) is 13.8 Å². The molecule has 2 rings (SSSR count). The predicted octanol–water partition coefficient (Wildman–Crippen LogP) is 1.80. The lowest BCUT2D eigenvalue weighted by atomic mass is 9.93. The maximum atomic E-state index is 12.2. The number of fused-ring (bicyclic) bond motifs is 1. The number of carbonyl (C=O) groups excluding carboxylic acids is 3. The maximum absolute atomic E-state index is 12.2. The number of rotatable bonds is 4. The predicted molar refractivity (Wildman–Crippen MR) is 83.4 cm³/mol. The number of esters is 2. The molecule has 8 heteroatoms. The molecule has 126 valence electrons. The van der Waals surface area contributed by atoms with Crippen LogP contribution in [0.5, 0.6) is 0 Å². The minimum atomic E-state index is -1.02. The van der Waals surface area contributed by atoms with Crippen molar-refractivity contribution < 1.29 is 29.0 Å². The van der Waals surface area contributed by atoms with Crippen molar-refractivity contribution in [2.24, 2.45) is 0 Å². The van der Waals surface area contributed by atoms with Gasteiger partial charge in [-0.05, 0) is 33.1 Å². The van der Waals surface area contributed by atoms with Gasteiger partial charge in [-0.2, -0.15) is 0 Å². The summed E-state index contributed by atoms with van der Waals surface area (Å²) in [6.07, 6.45) is 1.27. The molecule has 1 amide bonds. The topological polar surface area (TPSA) is 102 Å². The highest BCUT2D eigenvalue weighted by atomic mass is 32.1. The number of ether oxygens (including phenoxy) is 2. The molecule has 7 nitrogen and oxygen atoms in total. The number of carbonyl (C=O) groups is 3. The quantitative estimate of drug-likeness (QED) is 0.639. The van der Waals surface area contributed by atoms with E-state index in [2.05, 4.69) is 10.1 Å². The number of nitrogens with one attached hydrogen (secondary N) is 1. The normalized spacial score (nSPS) is 16.4. The second-order valence-electron chi connectivity index (χ2n) is 4.95. The number of aryl methyl sites for hydroxylation is 1. The molecule has 0 saturated carbocycles. The fraction of sp³-hybridized carbons (Fsp3) is 0.533. The molecule has 0 aromatic carbocycles. The Morgan fingerprint density at radius 2 is 1.96 bits per heavy atom. The van der Waals surface area contributed by atoms with Gasteiger partial charge in [0, 0.05) is 10.4 Å². The van der Waals surface area contributed by atoms with Gasteiger partial charge in [-0.25, -0.2) is 9.59 Å². The molecule has 0 radical (unpaired) electrons. The summed E-state index contributed by atoms with van der Waals surface area (Å²) in [5, 5.41) is 12.8. The van der Waals surface area contributed by atoms with Crippen molar-refractivity contribution >= 4 is 34.2 Å². The van der Waals surface area contributed by atoms with Gasteiger partial charge in [-0.1, -0.05) is 0 Å². The van der Waals surface area contributed by atoms with Gasteiger partial charge in [-0.3, -0.25) is 4.79 Å². The minimum Gasteiger partial charge on any atom is -0.462 e. The largest absolute Gasteiger partial charge is 0.462 e. The molecule has 0 bridgehead atoms. The number of anilines is 1. The van der Waals surface area contributed by atoms with Crippen LogP contribution in [0.4, 0.5) is 5.00 Å². The molecule has 2 N–H and O–H groups in total. The summed E-state index contributed by atoms with van der Waals surface area (Å²) in [5.74, 6) is -2.59. The van der Waals surface area contributed by atoms with E-state index in [1.165, 1.54) is 11.3 Å². The monoisotopic (exact) mass is 341 g/mol. The highest BCUT2D eigenvalue weighted by Crippen LogP contribution is 2.42. The molecule has 1 aliphatic carbocycles. The van der Waals surface area contributed by atoms with E-state index in [0.29, 0.717) is 18.4 Å². The fourth-order valence-corrected chi connectivity index (χ4v) is 3.75. The molecule has 0 fully saturated rings. The minimum absolute atomic E-state index is 0.0800. The summed E-state index contributed by atoms with van der Waals surface area (Å²) in [6.45, 7) is 3.51. The van der Waals surface area contributed by atoms with Crippen molar-refractivity contribution in [1.29, 1.82) is 0 Å². The first-order valence-electron chi connectivity index (χ1n) is 7.48. The molecule has 1 aliphatic rings. The van der Waals surface area contributed by atoms with Gasteiger partial charge in [0.05, 0.1) is 19.3 Å². The van der Waals surface area contributed by atoms with Crippen molar-refractivity contribution in [3.05, 3.63) is 16.0 Å². The average Bonchev–Trinajstić information content (AvgIpc) is 2.87. The van der Waals surface area contributed by atoms with Crippen LogP contribution in [-0.4, -0.2) is 36.2 Å². The first kappa shape index (κ1) is 17.4. The zero-order valence-electron chi connectivity index (χ0n) is 13.0. The van der Waals surface area contributed by atoms with E-state index in [1.807, 2.05) is 0 Å². The summed E-state index contributed by atoms with van der Waals surface area (Å²) in [5.41, 5.74) is 0.635. The Labute approximate surface area is 137 Å². The first-order valence-corrected chi connectivity index (χ1v) is 8.30. The number of thiophene rings is 1. The number of aliphatic hydroxyl groups is 1. The molecule has 1 unspecified atom stereocenters. The Kier molecular flexibility index (Phi) is 5.73. The standard InChI is InChI=1S/C15H19NO6S/c1-3-21-14(19)11-10-8(17)6-5-7-9(10)23-13(11)16-12(18)15(20)22-4-2/h8,17H,3-7H2,1-2H3,(H,16,18). The molecule has 0 spiro atoms. The van der Waals surface area contributed by atoms with Gasteiger partial charge in [0.2, 0.25) is 0 Å². The van der Waals surface area contributed by atoms with Crippen LogP contribution in [0, 0.1) is 0 Å². The van der Waals surface area contributed by atoms with E-state index in [9.17, 15) is 19.5 Å². The van der Waals surface area contributed by atoms with Crippen LogP contribution < -0.4 is 5.32 Å². The van der Waals surface area contributed by atoms with Crippen molar-refractivity contribution in [1.82, 2.24) is 0 Å². The van der Waals surface area contributed by atoms with Crippen LogP contribution in [0.2, 0.25) is 0 Å². The fourth-order valence-electron chi connectivity index (χ4n) is 2.47. The van der Waals surface area contributed by atoms with Crippen molar-refractivity contribution in [2.75, 3.05) is 18.5 Å². The number of amides is 1. The lowest BCUT2D eigenvalue weighted by molar-refractivity contribution is -0.152. The van der Waals surface area contributed by atoms with Gasteiger partial charge in [-0.15, -0.1) is 11.3 Å². The molecule has 1 heterocycles. The second-order valence-corrected chi connectivity index (χ2v) is 6.05. The lowest BCUT2D eigenvalue weighted by Crippen LogP contribution is -2.25. The van der Waals surface area contributed by atoms with Gasteiger partial charge >= 0.3 is 17.8 Å². The Hall–Kier alpha value is -1.93. The molecule has 0 aliphatic heterocycles. The van der Waals surface area contributed by atoms with E-state index < -0.39 is 23.9 Å². The van der Waals surface area contributed by atoms with Crippen LogP contribution in [0.3, 0.4) is 0 Å². The molecule has 0 saturated heterocycles. The molecule has 1 aromatic heterocycles. The van der Waals surface area contributed by atoms with Crippen LogP contribution in [0.15, 0.2) is 0 Å². The molecule has 23 heavy (non-hydrogen) atoms. The molecule has 1 aromatic rings. The van der Waals surface area contributed by atoms with E-state index >= 15 is 0 Å². The van der Waals surface area contributed by atoms with E-state index in [-0.39, 0.29) is 23.8 Å². The zero-order chi connectivity index (χ0) is 17.0. The summed E-state index contributed by atoms with van der Waals surface area (Å²) < 4.78 is 9.66. The summed E-state index contributed by atoms with van der Waals surface area (Å²) in [7, 11) is 0. The van der Waals surface area contributed by atoms with Gasteiger partial charge < -0.3 is 19.9 Å². The molecule has 1 atom stereocenters. The van der Waals surface area contributed by atoms with Crippen LogP contribution >= 0.6 is 11.3 Å². The van der Waals surface area contributed by atoms with Crippen molar-refractivity contribution in [3.63, 3.8) is 0 Å². The Balaban J connectivity index is 2.36. The van der Waals surface area contributed by atoms with Crippen LogP contribution in [0.1, 0.15) is 53.6 Å². The lowest BCUT2D eigenvalue weighted by Gasteiger charge is -2.18. The third-order valence-corrected chi connectivity index (χ3v) is 4.58.